The van der Waals surface area contributed by atoms with Crippen LogP contribution in [-0.4, -0.2) is 5.91 Å². The first-order chi connectivity index (χ1) is 8.97. The van der Waals surface area contributed by atoms with E-state index in [0.29, 0.717) is 10.6 Å². The maximum Gasteiger partial charge on any atom is 0.255 e. The predicted molar refractivity (Wildman–Crippen MR) is 83.0 cm³/mol. The van der Waals surface area contributed by atoms with Gasteiger partial charge in [-0.15, -0.1) is 0 Å². The molecule has 0 saturated heterocycles. The summed E-state index contributed by atoms with van der Waals surface area (Å²) in [4.78, 5) is 12.2. The minimum atomic E-state index is -0.156. The van der Waals surface area contributed by atoms with Crippen molar-refractivity contribution in [2.24, 2.45) is 0 Å². The first-order valence-corrected chi connectivity index (χ1v) is 6.98. The molecule has 4 heteroatoms. The van der Waals surface area contributed by atoms with Gasteiger partial charge in [0.1, 0.15) is 0 Å². The molecule has 1 amide bonds. The number of aryl methyl sites for hydroxylation is 2. The van der Waals surface area contributed by atoms with Crippen LogP contribution in [0.3, 0.4) is 0 Å². The molecule has 0 aliphatic carbocycles. The fourth-order valence-corrected chi connectivity index (χ4v) is 2.80. The van der Waals surface area contributed by atoms with Crippen molar-refractivity contribution in [1.29, 1.82) is 0 Å². The summed E-state index contributed by atoms with van der Waals surface area (Å²) in [6.07, 6.45) is 0. The van der Waals surface area contributed by atoms with Crippen LogP contribution in [0.15, 0.2) is 40.9 Å². The van der Waals surface area contributed by atoms with Crippen molar-refractivity contribution < 1.29 is 4.79 Å². The zero-order valence-electron chi connectivity index (χ0n) is 10.6. The summed E-state index contributed by atoms with van der Waals surface area (Å²) in [5, 5.41) is 3.48. The number of carbonyl (C=O) groups is 1. The molecular weight excluding hydrogens is 326 g/mol. The number of amides is 1. The molecule has 0 fully saturated rings. The average molecular weight is 339 g/mol. The molecule has 0 aliphatic heterocycles. The molecule has 0 bridgehead atoms. The molecule has 2 aromatic carbocycles. The molecule has 2 nitrogen and oxygen atoms in total. The van der Waals surface area contributed by atoms with Gasteiger partial charge in [-0.25, -0.2) is 0 Å². The molecule has 0 unspecified atom stereocenters. The number of benzene rings is 2. The molecule has 0 heterocycles. The van der Waals surface area contributed by atoms with Gasteiger partial charge in [0.25, 0.3) is 5.91 Å². The number of rotatable bonds is 2. The number of anilines is 1. The second-order valence-electron chi connectivity index (χ2n) is 4.38. The number of halogens is 2. The smallest absolute Gasteiger partial charge is 0.255 e. The van der Waals surface area contributed by atoms with Crippen molar-refractivity contribution in [3.63, 3.8) is 0 Å². The number of hydrogen-bond donors (Lipinski definition) is 1. The predicted octanol–water partition coefficient (Wildman–Crippen LogP) is 4.97. The minimum absolute atomic E-state index is 0.156. The fourth-order valence-electron chi connectivity index (χ4n) is 1.92. The van der Waals surface area contributed by atoms with Crippen molar-refractivity contribution in [3.8, 4) is 0 Å². The normalized spacial score (nSPS) is 10.3. The lowest BCUT2D eigenvalue weighted by molar-refractivity contribution is 0.102. The second kappa shape index (κ2) is 5.76. The van der Waals surface area contributed by atoms with E-state index in [4.69, 9.17) is 11.6 Å². The molecule has 0 saturated carbocycles. The van der Waals surface area contributed by atoms with Crippen LogP contribution in [0.2, 0.25) is 5.02 Å². The molecule has 19 heavy (non-hydrogen) atoms. The Balaban J connectivity index is 2.29. The van der Waals surface area contributed by atoms with Gasteiger partial charge in [-0.05, 0) is 55.3 Å². The summed E-state index contributed by atoms with van der Waals surface area (Å²) in [6.45, 7) is 3.93. The summed E-state index contributed by atoms with van der Waals surface area (Å²) in [5.41, 5.74) is 3.42. The third-order valence-corrected chi connectivity index (χ3v) is 3.52. The van der Waals surface area contributed by atoms with Crippen LogP contribution >= 0.6 is 27.5 Å². The van der Waals surface area contributed by atoms with E-state index in [-0.39, 0.29) is 5.91 Å². The minimum Gasteiger partial charge on any atom is -0.322 e. The summed E-state index contributed by atoms with van der Waals surface area (Å²) >= 11 is 9.33. The van der Waals surface area contributed by atoms with E-state index in [1.165, 1.54) is 0 Å². The second-order valence-corrected chi connectivity index (χ2v) is 5.73. The Labute approximate surface area is 125 Å². The number of hydrogen-bond acceptors (Lipinski definition) is 1. The van der Waals surface area contributed by atoms with E-state index in [2.05, 4.69) is 21.2 Å². The number of nitrogens with one attached hydrogen (secondary N) is 1. The maximum atomic E-state index is 12.2. The quantitative estimate of drug-likeness (QED) is 0.823. The largest absolute Gasteiger partial charge is 0.322 e. The van der Waals surface area contributed by atoms with E-state index in [1.807, 2.05) is 26.0 Å². The van der Waals surface area contributed by atoms with Crippen LogP contribution in [0.4, 0.5) is 5.69 Å². The van der Waals surface area contributed by atoms with Crippen LogP contribution in [0.5, 0.6) is 0 Å². The lowest BCUT2D eigenvalue weighted by Crippen LogP contribution is -2.13. The molecule has 0 radical (unpaired) electrons. The van der Waals surface area contributed by atoms with Crippen LogP contribution in [0, 0.1) is 13.8 Å². The first-order valence-electron chi connectivity index (χ1n) is 5.81. The van der Waals surface area contributed by atoms with E-state index in [9.17, 15) is 4.79 Å². The lowest BCUT2D eigenvalue weighted by atomic mass is 10.1. The van der Waals surface area contributed by atoms with Crippen molar-refractivity contribution in [2.45, 2.75) is 13.8 Å². The van der Waals surface area contributed by atoms with E-state index >= 15 is 0 Å². The Hall–Kier alpha value is -1.32. The third kappa shape index (κ3) is 3.37. The SMILES string of the molecule is Cc1cc(Br)cc(C)c1NC(=O)c1cccc(Cl)c1. The lowest BCUT2D eigenvalue weighted by Gasteiger charge is -2.12. The molecule has 98 valence electrons. The Morgan fingerprint density at radius 2 is 1.79 bits per heavy atom. The standard InChI is InChI=1S/C15H13BrClNO/c1-9-6-12(16)7-10(2)14(9)18-15(19)11-4-3-5-13(17)8-11/h3-8H,1-2H3,(H,18,19). The van der Waals surface area contributed by atoms with Gasteiger partial charge < -0.3 is 5.32 Å². The van der Waals surface area contributed by atoms with Crippen molar-refractivity contribution in [2.75, 3.05) is 5.32 Å². The Morgan fingerprint density at radius 1 is 1.16 bits per heavy atom. The molecule has 0 spiro atoms. The van der Waals surface area contributed by atoms with Gasteiger partial charge in [-0.1, -0.05) is 33.6 Å². The van der Waals surface area contributed by atoms with Gasteiger partial charge in [-0.2, -0.15) is 0 Å². The fraction of sp³-hybridized carbons (Fsp3) is 0.133. The van der Waals surface area contributed by atoms with Gasteiger partial charge >= 0.3 is 0 Å². The summed E-state index contributed by atoms with van der Waals surface area (Å²) in [6, 6.07) is 10.8. The van der Waals surface area contributed by atoms with Gasteiger partial charge in [0.15, 0.2) is 0 Å². The topological polar surface area (TPSA) is 29.1 Å². The van der Waals surface area contributed by atoms with Crippen molar-refractivity contribution in [3.05, 3.63) is 62.6 Å². The monoisotopic (exact) mass is 337 g/mol. The zero-order valence-corrected chi connectivity index (χ0v) is 13.0. The highest BCUT2D eigenvalue weighted by molar-refractivity contribution is 9.10. The van der Waals surface area contributed by atoms with Crippen molar-refractivity contribution >= 4 is 39.1 Å². The van der Waals surface area contributed by atoms with E-state index in [1.54, 1.807) is 24.3 Å². The summed E-state index contributed by atoms with van der Waals surface area (Å²) in [5.74, 6) is -0.156. The highest BCUT2D eigenvalue weighted by atomic mass is 79.9. The molecule has 0 aromatic heterocycles. The maximum absolute atomic E-state index is 12.2. The molecule has 0 aliphatic rings. The average Bonchev–Trinajstić information content (AvgIpc) is 2.33. The van der Waals surface area contributed by atoms with E-state index < -0.39 is 0 Å². The molecule has 1 N–H and O–H groups in total. The zero-order chi connectivity index (χ0) is 14.0. The van der Waals surface area contributed by atoms with Crippen LogP contribution in [0.25, 0.3) is 0 Å². The van der Waals surface area contributed by atoms with Gasteiger partial charge in [0.2, 0.25) is 0 Å². The van der Waals surface area contributed by atoms with Crippen LogP contribution < -0.4 is 5.32 Å². The molecular formula is C15H13BrClNO. The Kier molecular flexibility index (Phi) is 4.27. The van der Waals surface area contributed by atoms with Crippen LogP contribution in [0.1, 0.15) is 21.5 Å². The molecule has 2 rings (SSSR count). The van der Waals surface area contributed by atoms with Crippen molar-refractivity contribution in [1.82, 2.24) is 0 Å². The van der Waals surface area contributed by atoms with E-state index in [0.717, 1.165) is 21.3 Å². The summed E-state index contributed by atoms with van der Waals surface area (Å²) < 4.78 is 1.00. The van der Waals surface area contributed by atoms with Gasteiger partial charge in [-0.3, -0.25) is 4.79 Å². The molecule has 2 aromatic rings. The molecule has 0 atom stereocenters. The first kappa shape index (κ1) is 14.1. The van der Waals surface area contributed by atoms with Crippen LogP contribution in [-0.2, 0) is 0 Å². The summed E-state index contributed by atoms with van der Waals surface area (Å²) in [7, 11) is 0. The Bertz CT molecular complexity index is 617. The number of carbonyl (C=O) groups excluding carboxylic acids is 1. The highest BCUT2D eigenvalue weighted by Crippen LogP contribution is 2.25. The highest BCUT2D eigenvalue weighted by Gasteiger charge is 2.10. The van der Waals surface area contributed by atoms with Gasteiger partial charge in [0, 0.05) is 20.7 Å². The van der Waals surface area contributed by atoms with Gasteiger partial charge in [0.05, 0.1) is 0 Å². The Morgan fingerprint density at radius 3 is 2.37 bits per heavy atom. The third-order valence-electron chi connectivity index (χ3n) is 2.82.